The summed E-state index contributed by atoms with van der Waals surface area (Å²) in [5.74, 6) is -1.11. The SMILES string of the molecule is COC(=O)CNC1(c2ccc(O)cc2)CN(C(C)C(=O)OC)CCN([C@H](C)C(=O)OC)C1. The molecule has 0 aromatic heterocycles. The Morgan fingerprint density at radius 2 is 1.41 bits per heavy atom. The van der Waals surface area contributed by atoms with Gasteiger partial charge in [0.15, 0.2) is 0 Å². The third-order valence-corrected chi connectivity index (χ3v) is 6.02. The van der Waals surface area contributed by atoms with E-state index >= 15 is 0 Å². The van der Waals surface area contributed by atoms with Crippen molar-refractivity contribution in [2.45, 2.75) is 31.5 Å². The highest BCUT2D eigenvalue weighted by Crippen LogP contribution is 2.30. The second-order valence-corrected chi connectivity index (χ2v) is 7.90. The van der Waals surface area contributed by atoms with Crippen molar-refractivity contribution in [1.82, 2.24) is 15.1 Å². The summed E-state index contributed by atoms with van der Waals surface area (Å²) in [7, 11) is 3.98. The molecule has 0 amide bonds. The van der Waals surface area contributed by atoms with E-state index in [0.29, 0.717) is 26.2 Å². The summed E-state index contributed by atoms with van der Waals surface area (Å²) < 4.78 is 14.7. The molecule has 2 N–H and O–H groups in total. The molecular formula is C22H33N3O7. The first-order chi connectivity index (χ1) is 15.2. The molecule has 2 rings (SSSR count). The molecule has 1 saturated heterocycles. The van der Waals surface area contributed by atoms with Gasteiger partial charge in [0.25, 0.3) is 0 Å². The van der Waals surface area contributed by atoms with Gasteiger partial charge in [-0.15, -0.1) is 0 Å². The Bertz CT molecular complexity index is 767. The number of hydrogen-bond acceptors (Lipinski definition) is 10. The molecule has 0 bridgehead atoms. The van der Waals surface area contributed by atoms with E-state index in [-0.39, 0.29) is 24.2 Å². The largest absolute Gasteiger partial charge is 0.508 e. The third kappa shape index (κ3) is 5.96. The highest BCUT2D eigenvalue weighted by Gasteiger charge is 2.43. The summed E-state index contributed by atoms with van der Waals surface area (Å²) >= 11 is 0. The van der Waals surface area contributed by atoms with Crippen molar-refractivity contribution in [2.24, 2.45) is 0 Å². The number of phenols is 1. The monoisotopic (exact) mass is 451 g/mol. The quantitative estimate of drug-likeness (QED) is 0.416. The van der Waals surface area contributed by atoms with Gasteiger partial charge in [-0.25, -0.2) is 0 Å². The van der Waals surface area contributed by atoms with Crippen molar-refractivity contribution in [3.8, 4) is 5.75 Å². The highest BCUT2D eigenvalue weighted by atomic mass is 16.5. The molecule has 10 heteroatoms. The van der Waals surface area contributed by atoms with E-state index in [2.05, 4.69) is 5.32 Å². The van der Waals surface area contributed by atoms with Gasteiger partial charge in [-0.05, 0) is 31.5 Å². The van der Waals surface area contributed by atoms with E-state index in [4.69, 9.17) is 14.2 Å². The zero-order valence-corrected chi connectivity index (χ0v) is 19.3. The van der Waals surface area contributed by atoms with Gasteiger partial charge in [-0.2, -0.15) is 0 Å². The highest BCUT2D eigenvalue weighted by molar-refractivity contribution is 5.76. The first-order valence-electron chi connectivity index (χ1n) is 10.4. The van der Waals surface area contributed by atoms with Gasteiger partial charge in [0.05, 0.1) is 33.4 Å². The lowest BCUT2D eigenvalue weighted by molar-refractivity contribution is -0.147. The molecule has 0 spiro atoms. The average molecular weight is 452 g/mol. The van der Waals surface area contributed by atoms with Gasteiger partial charge in [0, 0.05) is 26.2 Å². The lowest BCUT2D eigenvalue weighted by Gasteiger charge is -2.40. The van der Waals surface area contributed by atoms with Gasteiger partial charge in [-0.1, -0.05) is 12.1 Å². The zero-order valence-electron chi connectivity index (χ0n) is 19.3. The minimum atomic E-state index is -0.872. The van der Waals surface area contributed by atoms with E-state index in [0.717, 1.165) is 5.56 Å². The minimum Gasteiger partial charge on any atom is -0.508 e. The van der Waals surface area contributed by atoms with Crippen molar-refractivity contribution in [1.29, 1.82) is 0 Å². The van der Waals surface area contributed by atoms with Crippen LogP contribution in [0.1, 0.15) is 19.4 Å². The second kappa shape index (κ2) is 11.3. The number of nitrogens with one attached hydrogen (secondary N) is 1. The molecule has 2 unspecified atom stereocenters. The normalized spacial score (nSPS) is 21.8. The molecule has 178 valence electrons. The molecule has 10 nitrogen and oxygen atoms in total. The maximum atomic E-state index is 12.3. The number of rotatable bonds is 8. The molecule has 32 heavy (non-hydrogen) atoms. The van der Waals surface area contributed by atoms with Crippen LogP contribution in [0.25, 0.3) is 0 Å². The van der Waals surface area contributed by atoms with E-state index in [1.165, 1.54) is 21.3 Å². The summed E-state index contributed by atoms with van der Waals surface area (Å²) in [6.45, 7) is 5.08. The van der Waals surface area contributed by atoms with Gasteiger partial charge in [0.1, 0.15) is 17.8 Å². The van der Waals surface area contributed by atoms with Crippen LogP contribution in [0, 0.1) is 0 Å². The van der Waals surface area contributed by atoms with Crippen LogP contribution in [0.4, 0.5) is 0 Å². The van der Waals surface area contributed by atoms with E-state index in [9.17, 15) is 19.5 Å². The number of esters is 3. The predicted octanol–water partition coefficient (Wildman–Crippen LogP) is 0.0907. The molecule has 1 aliphatic heterocycles. The van der Waals surface area contributed by atoms with Crippen molar-refractivity contribution in [2.75, 3.05) is 54.1 Å². The Labute approximate surface area is 188 Å². The van der Waals surface area contributed by atoms with Gasteiger partial charge in [-0.3, -0.25) is 29.5 Å². The predicted molar refractivity (Wildman–Crippen MR) is 116 cm³/mol. The molecule has 0 radical (unpaired) electrons. The molecule has 0 aliphatic carbocycles. The summed E-state index contributed by atoms with van der Waals surface area (Å²) in [6.07, 6.45) is 0. The number of nitrogens with zero attached hydrogens (tertiary/aromatic N) is 2. The summed E-state index contributed by atoms with van der Waals surface area (Å²) in [5, 5.41) is 13.1. The van der Waals surface area contributed by atoms with Crippen molar-refractivity contribution in [3.05, 3.63) is 29.8 Å². The lowest BCUT2D eigenvalue weighted by Crippen LogP contribution is -2.58. The lowest BCUT2D eigenvalue weighted by atomic mass is 9.87. The Kier molecular flexibility index (Phi) is 8.99. The number of hydrogen-bond donors (Lipinski definition) is 2. The van der Waals surface area contributed by atoms with Crippen LogP contribution in [0.5, 0.6) is 5.75 Å². The van der Waals surface area contributed by atoms with Crippen LogP contribution >= 0.6 is 0 Å². The standard InChI is InChI=1S/C22H33N3O7/c1-15(20(28)31-4)24-10-11-25(16(2)21(29)32-5)14-22(13-24,23-12-19(27)30-3)17-6-8-18(26)9-7-17/h6-9,15-16,23,26H,10-14H2,1-5H3/t15-,16?,22?/m1/s1. The number of aromatic hydroxyl groups is 1. The van der Waals surface area contributed by atoms with E-state index < -0.39 is 23.6 Å². The smallest absolute Gasteiger partial charge is 0.322 e. The number of phenolic OH excluding ortho intramolecular Hbond substituents is 1. The second-order valence-electron chi connectivity index (χ2n) is 7.90. The molecular weight excluding hydrogens is 418 g/mol. The number of ether oxygens (including phenoxy) is 3. The van der Waals surface area contributed by atoms with E-state index in [1.807, 2.05) is 9.80 Å². The molecule has 1 heterocycles. The van der Waals surface area contributed by atoms with Crippen LogP contribution in [0.2, 0.25) is 0 Å². The van der Waals surface area contributed by atoms with Crippen LogP contribution in [0.15, 0.2) is 24.3 Å². The minimum absolute atomic E-state index is 0.0851. The van der Waals surface area contributed by atoms with Gasteiger partial charge in [0.2, 0.25) is 0 Å². The molecule has 1 aliphatic rings. The number of carbonyl (C=O) groups is 3. The van der Waals surface area contributed by atoms with Crippen LogP contribution in [-0.2, 0) is 34.1 Å². The van der Waals surface area contributed by atoms with Crippen LogP contribution < -0.4 is 5.32 Å². The Hall–Kier alpha value is -2.69. The number of carbonyl (C=O) groups excluding carboxylic acids is 3. The van der Waals surface area contributed by atoms with E-state index in [1.54, 1.807) is 38.1 Å². The third-order valence-electron chi connectivity index (χ3n) is 6.02. The Morgan fingerprint density at radius 1 is 0.938 bits per heavy atom. The Balaban J connectivity index is 2.54. The van der Waals surface area contributed by atoms with Crippen molar-refractivity contribution >= 4 is 17.9 Å². The fraction of sp³-hybridized carbons (Fsp3) is 0.591. The summed E-state index contributed by atoms with van der Waals surface area (Å²) in [6, 6.07) is 5.53. The summed E-state index contributed by atoms with van der Waals surface area (Å²) in [5.41, 5.74) is -0.0894. The van der Waals surface area contributed by atoms with Gasteiger partial charge >= 0.3 is 17.9 Å². The van der Waals surface area contributed by atoms with Crippen molar-refractivity contribution < 1.29 is 33.7 Å². The molecule has 1 aromatic rings. The Morgan fingerprint density at radius 3 is 1.81 bits per heavy atom. The van der Waals surface area contributed by atoms with Crippen LogP contribution in [0.3, 0.4) is 0 Å². The van der Waals surface area contributed by atoms with Crippen LogP contribution in [-0.4, -0.2) is 99.0 Å². The average Bonchev–Trinajstić information content (AvgIpc) is 3.01. The van der Waals surface area contributed by atoms with Crippen molar-refractivity contribution in [3.63, 3.8) is 0 Å². The number of benzene rings is 1. The maximum absolute atomic E-state index is 12.3. The van der Waals surface area contributed by atoms with Gasteiger partial charge < -0.3 is 19.3 Å². The maximum Gasteiger partial charge on any atom is 0.322 e. The molecule has 1 aromatic carbocycles. The number of methoxy groups -OCH3 is 3. The first-order valence-corrected chi connectivity index (χ1v) is 10.4. The molecule has 3 atom stereocenters. The fourth-order valence-corrected chi connectivity index (χ4v) is 3.95. The topological polar surface area (TPSA) is 118 Å². The molecule has 1 fully saturated rings. The summed E-state index contributed by atoms with van der Waals surface area (Å²) in [4.78, 5) is 40.5. The molecule has 0 saturated carbocycles. The fourth-order valence-electron chi connectivity index (χ4n) is 3.95. The first kappa shape index (κ1) is 25.6. The zero-order chi connectivity index (χ0) is 23.9.